The second kappa shape index (κ2) is 9.59. The Morgan fingerprint density at radius 3 is 1.47 bits per heavy atom. The molecule has 0 heterocycles. The number of nitriles is 7. The van der Waals surface area contributed by atoms with Gasteiger partial charge in [-0.3, -0.25) is 0 Å². The number of benzene rings is 2. The van der Waals surface area contributed by atoms with Gasteiger partial charge in [0.25, 0.3) is 0 Å². The summed E-state index contributed by atoms with van der Waals surface area (Å²) in [7, 11) is 0. The third kappa shape index (κ3) is 4.48. The topological polar surface area (TPSA) is 167 Å². The first-order valence-electron chi connectivity index (χ1n) is 8.93. The summed E-state index contributed by atoms with van der Waals surface area (Å²) < 4.78 is 82.8. The zero-order valence-electron chi connectivity index (χ0n) is 17.1. The summed E-state index contributed by atoms with van der Waals surface area (Å²) in [5.74, 6) is 0. The third-order valence-electron chi connectivity index (χ3n) is 4.68. The van der Waals surface area contributed by atoms with Gasteiger partial charge in [-0.1, -0.05) is 0 Å². The van der Waals surface area contributed by atoms with E-state index in [4.69, 9.17) is 15.8 Å². The van der Waals surface area contributed by atoms with Gasteiger partial charge in [-0.15, -0.1) is 0 Å². The zero-order valence-corrected chi connectivity index (χ0v) is 17.1. The van der Waals surface area contributed by atoms with Crippen LogP contribution in [-0.2, 0) is 12.4 Å². The number of nitrogens with zero attached hydrogens (tertiary/aromatic N) is 7. The van der Waals surface area contributed by atoms with Crippen molar-refractivity contribution in [2.75, 3.05) is 0 Å². The van der Waals surface area contributed by atoms with Crippen LogP contribution in [0, 0.1) is 79.3 Å². The Morgan fingerprint density at radius 2 is 1.08 bits per heavy atom. The minimum absolute atomic E-state index is 0.135. The Labute approximate surface area is 197 Å². The molecule has 0 N–H and O–H groups in total. The van der Waals surface area contributed by atoms with E-state index in [1.54, 1.807) is 0 Å². The van der Waals surface area contributed by atoms with Crippen LogP contribution in [0.4, 0.5) is 26.3 Å². The van der Waals surface area contributed by atoms with Gasteiger partial charge in [0, 0.05) is 16.0 Å². The van der Waals surface area contributed by atoms with Crippen LogP contribution in [0.2, 0.25) is 0 Å². The fourth-order valence-corrected chi connectivity index (χ4v) is 3.24. The quantitative estimate of drug-likeness (QED) is 0.552. The molecule has 2 aromatic rings. The highest BCUT2D eigenvalue weighted by molar-refractivity contribution is 5.83. The molecular weight excluding hydrogens is 488 g/mol. The maximum atomic E-state index is 14.0. The molecule has 0 atom stereocenters. The molecule has 0 saturated carbocycles. The van der Waals surface area contributed by atoms with Crippen LogP contribution in [0.3, 0.4) is 0 Å². The monoisotopic (exact) mass is 491 g/mol. The zero-order chi connectivity index (χ0) is 27.4. The molecule has 0 unspecified atom stereocenters. The summed E-state index contributed by atoms with van der Waals surface area (Å²) in [5.41, 5.74) is -11.8. The lowest BCUT2D eigenvalue weighted by molar-refractivity contribution is -0.141. The molecule has 2 rings (SSSR count). The fraction of sp³-hybridized carbons (Fsp3) is 0.0870. The molecule has 0 bridgehead atoms. The van der Waals surface area contributed by atoms with Gasteiger partial charge in [0.15, 0.2) is 0 Å². The average Bonchev–Trinajstić information content (AvgIpc) is 2.83. The highest BCUT2D eigenvalue weighted by atomic mass is 19.4. The maximum Gasteiger partial charge on any atom is 0.418 e. The summed E-state index contributed by atoms with van der Waals surface area (Å²) in [6.07, 6.45) is -11.0. The molecule has 0 aliphatic carbocycles. The Bertz CT molecular complexity index is 1720. The van der Waals surface area contributed by atoms with Crippen LogP contribution in [0.15, 0.2) is 18.2 Å². The van der Waals surface area contributed by atoms with E-state index in [1.165, 1.54) is 30.3 Å². The van der Waals surface area contributed by atoms with Crippen molar-refractivity contribution >= 4 is 11.1 Å². The summed E-state index contributed by atoms with van der Waals surface area (Å²) in [6, 6.07) is 10.4. The Balaban J connectivity index is 3.44. The minimum Gasteiger partial charge on any atom is -0.192 e. The predicted molar refractivity (Wildman–Crippen MR) is 104 cm³/mol. The van der Waals surface area contributed by atoms with Gasteiger partial charge >= 0.3 is 12.4 Å². The number of hydrogen-bond donors (Lipinski definition) is 0. The molecule has 0 aliphatic rings. The number of halogens is 6. The van der Waals surface area contributed by atoms with E-state index in [-0.39, 0.29) is 6.07 Å². The van der Waals surface area contributed by atoms with Crippen molar-refractivity contribution in [2.24, 2.45) is 0 Å². The van der Waals surface area contributed by atoms with Crippen molar-refractivity contribution in [3.05, 3.63) is 67.6 Å². The SMILES string of the molecule is N#CC(C#N)=c1cc(C#N)/c(=C(\C#N)c2cc(C(F)(F)F)c(C#N)c(C#N)c2C(F)(F)F)cc1C#N. The van der Waals surface area contributed by atoms with Crippen LogP contribution in [0.5, 0.6) is 0 Å². The Hall–Kier alpha value is -5.81. The second-order valence-electron chi connectivity index (χ2n) is 6.57. The molecule has 0 fully saturated rings. The molecule has 0 amide bonds. The summed E-state index contributed by atoms with van der Waals surface area (Å²) in [5, 5.41) is 63.9. The highest BCUT2D eigenvalue weighted by Crippen LogP contribution is 2.43. The number of rotatable bonds is 1. The molecule has 0 aliphatic heterocycles. The first kappa shape index (κ1) is 26.4. The summed E-state index contributed by atoms with van der Waals surface area (Å²) in [4.78, 5) is 0. The minimum atomic E-state index is -5.54. The van der Waals surface area contributed by atoms with Gasteiger partial charge in [0.05, 0.1) is 51.1 Å². The van der Waals surface area contributed by atoms with Crippen molar-refractivity contribution in [3.8, 4) is 42.5 Å². The van der Waals surface area contributed by atoms with E-state index < -0.39 is 72.9 Å². The normalized spacial score (nSPS) is 11.3. The predicted octanol–water partition coefficient (Wildman–Crippen LogP) is 3.13. The lowest BCUT2D eigenvalue weighted by Gasteiger charge is -2.19. The van der Waals surface area contributed by atoms with Crippen molar-refractivity contribution in [2.45, 2.75) is 12.4 Å². The van der Waals surface area contributed by atoms with Crippen molar-refractivity contribution in [3.63, 3.8) is 0 Å². The molecular formula is C23H3F6N7. The van der Waals surface area contributed by atoms with Crippen LogP contribution >= 0.6 is 0 Å². The van der Waals surface area contributed by atoms with Gasteiger partial charge in [0.2, 0.25) is 0 Å². The van der Waals surface area contributed by atoms with Crippen LogP contribution in [0.1, 0.15) is 38.9 Å². The fourth-order valence-electron chi connectivity index (χ4n) is 3.24. The highest BCUT2D eigenvalue weighted by Gasteiger charge is 2.44. The average molecular weight is 491 g/mol. The van der Waals surface area contributed by atoms with Crippen LogP contribution < -0.4 is 10.4 Å². The third-order valence-corrected chi connectivity index (χ3v) is 4.68. The molecule has 0 radical (unpaired) electrons. The smallest absolute Gasteiger partial charge is 0.192 e. The van der Waals surface area contributed by atoms with Gasteiger partial charge in [-0.2, -0.15) is 63.2 Å². The lowest BCUT2D eigenvalue weighted by atomic mass is 9.87. The van der Waals surface area contributed by atoms with E-state index in [2.05, 4.69) is 0 Å². The van der Waals surface area contributed by atoms with Gasteiger partial charge in [-0.05, 0) is 18.2 Å². The Kier molecular flexibility index (Phi) is 7.04. The van der Waals surface area contributed by atoms with E-state index in [0.29, 0.717) is 6.07 Å². The number of alkyl halides is 6. The molecule has 172 valence electrons. The molecule has 0 spiro atoms. The Morgan fingerprint density at radius 1 is 0.583 bits per heavy atom. The molecule has 7 nitrogen and oxygen atoms in total. The van der Waals surface area contributed by atoms with Crippen LogP contribution in [-0.4, -0.2) is 0 Å². The van der Waals surface area contributed by atoms with E-state index in [9.17, 15) is 47.4 Å². The molecule has 36 heavy (non-hydrogen) atoms. The first-order chi connectivity index (χ1) is 16.8. The summed E-state index contributed by atoms with van der Waals surface area (Å²) in [6.45, 7) is 0. The first-order valence-corrected chi connectivity index (χ1v) is 8.93. The standard InChI is InChI=1S/C23H3F6N7/c24-22(25,26)20-3-16(21(23(27,28)29)19(10-36)18(20)9-35)17(8-34)15-2-11(4-30)14(1-12(15)5-31)13(6-32)7-33/h1-3H/b17-15+. The van der Waals surface area contributed by atoms with Gasteiger partial charge in [0.1, 0.15) is 35.9 Å². The molecule has 0 saturated heterocycles. The summed E-state index contributed by atoms with van der Waals surface area (Å²) >= 11 is 0. The van der Waals surface area contributed by atoms with Gasteiger partial charge in [-0.25, -0.2) is 0 Å². The lowest BCUT2D eigenvalue weighted by Crippen LogP contribution is -2.23. The van der Waals surface area contributed by atoms with Gasteiger partial charge < -0.3 is 0 Å². The van der Waals surface area contributed by atoms with E-state index >= 15 is 0 Å². The molecule has 0 aromatic heterocycles. The second-order valence-corrected chi connectivity index (χ2v) is 6.57. The maximum absolute atomic E-state index is 14.0. The van der Waals surface area contributed by atoms with E-state index in [1.807, 2.05) is 0 Å². The van der Waals surface area contributed by atoms with E-state index in [0.717, 1.165) is 18.2 Å². The largest absolute Gasteiger partial charge is 0.418 e. The van der Waals surface area contributed by atoms with Crippen molar-refractivity contribution < 1.29 is 26.3 Å². The molecule has 2 aromatic carbocycles. The van der Waals surface area contributed by atoms with Crippen molar-refractivity contribution in [1.82, 2.24) is 0 Å². The molecule has 13 heteroatoms. The van der Waals surface area contributed by atoms with Crippen LogP contribution in [0.25, 0.3) is 11.1 Å². The number of hydrogen-bond acceptors (Lipinski definition) is 7. The van der Waals surface area contributed by atoms with Crippen molar-refractivity contribution in [1.29, 1.82) is 36.8 Å².